The van der Waals surface area contributed by atoms with Gasteiger partial charge in [-0.05, 0) is 50.7 Å². The van der Waals surface area contributed by atoms with Crippen molar-refractivity contribution in [2.45, 2.75) is 76.4 Å². The van der Waals surface area contributed by atoms with Crippen LogP contribution in [0.25, 0.3) is 11.0 Å². The molecule has 2 aromatic rings. The van der Waals surface area contributed by atoms with E-state index in [2.05, 4.69) is 23.5 Å². The lowest BCUT2D eigenvalue weighted by Crippen LogP contribution is -2.59. The first-order valence-electron chi connectivity index (χ1n) is 14.7. The zero-order chi connectivity index (χ0) is 30.2. The Morgan fingerprint density at radius 3 is 2.71 bits per heavy atom. The quantitative estimate of drug-likeness (QED) is 0.218. The number of aromatic nitrogens is 3. The summed E-state index contributed by atoms with van der Waals surface area (Å²) in [4.78, 5) is 45.7. The summed E-state index contributed by atoms with van der Waals surface area (Å²) in [6.07, 6.45) is 5.18. The summed E-state index contributed by atoms with van der Waals surface area (Å²) < 4.78 is 13.9. The van der Waals surface area contributed by atoms with Crippen molar-refractivity contribution in [1.82, 2.24) is 24.8 Å². The van der Waals surface area contributed by atoms with E-state index in [1.165, 1.54) is 4.90 Å². The molecule has 3 aliphatic heterocycles. The molecule has 0 aliphatic carbocycles. The molecule has 2 unspecified atom stereocenters. The fraction of sp³-hybridized carbons (Fsp3) is 0.581. The molecule has 42 heavy (non-hydrogen) atoms. The van der Waals surface area contributed by atoms with E-state index in [4.69, 9.17) is 9.47 Å². The van der Waals surface area contributed by atoms with Gasteiger partial charge in [0.1, 0.15) is 29.7 Å². The molecule has 11 nitrogen and oxygen atoms in total. The van der Waals surface area contributed by atoms with E-state index in [9.17, 15) is 19.5 Å². The summed E-state index contributed by atoms with van der Waals surface area (Å²) >= 11 is 0. The zero-order valence-corrected chi connectivity index (χ0v) is 24.6. The average Bonchev–Trinajstić information content (AvgIpc) is 3.66. The number of rotatable bonds is 13. The molecule has 4 heterocycles. The Labute approximate surface area is 246 Å². The third-order valence-corrected chi connectivity index (χ3v) is 9.00. The Bertz CT molecular complexity index is 1370. The summed E-state index contributed by atoms with van der Waals surface area (Å²) in [6, 6.07) is 5.79. The summed E-state index contributed by atoms with van der Waals surface area (Å²) in [5, 5.41) is 19.0. The van der Waals surface area contributed by atoms with Crippen LogP contribution >= 0.6 is 0 Å². The second kappa shape index (κ2) is 11.6. The molecule has 226 valence electrons. The Morgan fingerprint density at radius 1 is 1.26 bits per heavy atom. The predicted molar refractivity (Wildman–Crippen MR) is 155 cm³/mol. The minimum absolute atomic E-state index is 0.0723. The third-order valence-electron chi connectivity index (χ3n) is 9.00. The number of ether oxygens (including phenoxy) is 2. The van der Waals surface area contributed by atoms with E-state index < -0.39 is 41.1 Å². The van der Waals surface area contributed by atoms with Gasteiger partial charge in [0.15, 0.2) is 0 Å². The number of likely N-dealkylation sites (tertiary alicyclic amines) is 1. The van der Waals surface area contributed by atoms with Crippen molar-refractivity contribution in [2.75, 3.05) is 19.8 Å². The SMILES string of the molecule is C=CCCOC(=O)[C@@H]1[C@H]2C(=O)N([C@@H](CO)CC(C)C)C(C(=O)N(CC=C)Cn3nnc4ccccc43)C23CC[C@@]1(C)O3. The number of aliphatic hydroxyl groups excluding tert-OH is 1. The van der Waals surface area contributed by atoms with Gasteiger partial charge in [0.05, 0.1) is 36.3 Å². The molecule has 3 fully saturated rings. The van der Waals surface area contributed by atoms with Gasteiger partial charge in [-0.3, -0.25) is 14.4 Å². The van der Waals surface area contributed by atoms with Crippen molar-refractivity contribution in [3.05, 3.63) is 49.6 Å². The molecule has 1 N–H and O–H groups in total. The Morgan fingerprint density at radius 2 is 2.02 bits per heavy atom. The molecule has 0 radical (unpaired) electrons. The largest absolute Gasteiger partial charge is 0.465 e. The minimum Gasteiger partial charge on any atom is -0.465 e. The smallest absolute Gasteiger partial charge is 0.312 e. The van der Waals surface area contributed by atoms with Crippen LogP contribution in [0.15, 0.2) is 49.6 Å². The molecule has 3 saturated heterocycles. The number of esters is 1. The summed E-state index contributed by atoms with van der Waals surface area (Å²) in [5.41, 5.74) is -0.732. The molecule has 5 rings (SSSR count). The lowest BCUT2D eigenvalue weighted by molar-refractivity contribution is -0.162. The Hall–Kier alpha value is -3.57. The van der Waals surface area contributed by atoms with Crippen LogP contribution in [-0.2, 0) is 30.5 Å². The molecular weight excluding hydrogens is 538 g/mol. The highest BCUT2D eigenvalue weighted by Gasteiger charge is 2.79. The maximum absolute atomic E-state index is 14.7. The molecule has 2 bridgehead atoms. The van der Waals surface area contributed by atoms with Crippen molar-refractivity contribution < 1.29 is 29.0 Å². The van der Waals surface area contributed by atoms with Gasteiger partial charge in [-0.15, -0.1) is 18.3 Å². The molecule has 1 aromatic heterocycles. The van der Waals surface area contributed by atoms with Gasteiger partial charge in [-0.25, -0.2) is 4.68 Å². The fourth-order valence-electron chi connectivity index (χ4n) is 7.28. The van der Waals surface area contributed by atoms with E-state index in [1.54, 1.807) is 21.7 Å². The molecule has 0 saturated carbocycles. The number of para-hydroxylation sites is 1. The van der Waals surface area contributed by atoms with E-state index in [-0.39, 0.29) is 44.2 Å². The third kappa shape index (κ3) is 4.82. The lowest BCUT2D eigenvalue weighted by atomic mass is 9.66. The van der Waals surface area contributed by atoms with Gasteiger partial charge in [0.2, 0.25) is 11.8 Å². The van der Waals surface area contributed by atoms with Crippen molar-refractivity contribution in [3.8, 4) is 0 Å². The fourth-order valence-corrected chi connectivity index (χ4v) is 7.28. The minimum atomic E-state index is -1.24. The Balaban J connectivity index is 1.56. The predicted octanol–water partition coefficient (Wildman–Crippen LogP) is 2.69. The number of amides is 2. The number of hydrogen-bond donors (Lipinski definition) is 1. The molecule has 11 heteroatoms. The lowest BCUT2D eigenvalue weighted by Gasteiger charge is -2.39. The second-order valence-corrected chi connectivity index (χ2v) is 12.3. The molecule has 2 amide bonds. The number of benzene rings is 1. The zero-order valence-electron chi connectivity index (χ0n) is 24.6. The number of carbonyl (C=O) groups excluding carboxylic acids is 3. The van der Waals surface area contributed by atoms with Gasteiger partial charge in [0.25, 0.3) is 0 Å². The van der Waals surface area contributed by atoms with Crippen LogP contribution in [0.2, 0.25) is 0 Å². The number of nitrogens with zero attached hydrogens (tertiary/aromatic N) is 5. The normalized spacial score (nSPS) is 28.7. The van der Waals surface area contributed by atoms with Gasteiger partial charge in [-0.1, -0.05) is 43.3 Å². The van der Waals surface area contributed by atoms with Crippen LogP contribution in [0.3, 0.4) is 0 Å². The van der Waals surface area contributed by atoms with Crippen LogP contribution in [0, 0.1) is 17.8 Å². The van der Waals surface area contributed by atoms with Gasteiger partial charge in [-0.2, -0.15) is 0 Å². The van der Waals surface area contributed by atoms with Crippen molar-refractivity contribution in [2.24, 2.45) is 17.8 Å². The van der Waals surface area contributed by atoms with Crippen LogP contribution in [-0.4, -0.2) is 90.7 Å². The van der Waals surface area contributed by atoms with Crippen molar-refractivity contribution in [3.63, 3.8) is 0 Å². The highest BCUT2D eigenvalue weighted by atomic mass is 16.6. The first kappa shape index (κ1) is 29.9. The van der Waals surface area contributed by atoms with E-state index >= 15 is 0 Å². The maximum Gasteiger partial charge on any atom is 0.312 e. The molecule has 1 aromatic carbocycles. The molecule has 3 aliphatic rings. The van der Waals surface area contributed by atoms with Gasteiger partial charge >= 0.3 is 5.97 Å². The number of carbonyl (C=O) groups is 3. The molecular formula is C31H41N5O6. The highest BCUT2D eigenvalue weighted by Crippen LogP contribution is 2.63. The van der Waals surface area contributed by atoms with Crippen LogP contribution < -0.4 is 0 Å². The highest BCUT2D eigenvalue weighted by molar-refractivity contribution is 5.98. The monoisotopic (exact) mass is 579 g/mol. The average molecular weight is 580 g/mol. The van der Waals surface area contributed by atoms with E-state index in [0.29, 0.717) is 31.2 Å². The first-order chi connectivity index (χ1) is 20.1. The van der Waals surface area contributed by atoms with Crippen LogP contribution in [0.5, 0.6) is 0 Å². The van der Waals surface area contributed by atoms with Crippen LogP contribution in [0.4, 0.5) is 0 Å². The second-order valence-electron chi connectivity index (χ2n) is 12.3. The maximum atomic E-state index is 14.7. The van der Waals surface area contributed by atoms with Crippen molar-refractivity contribution >= 4 is 28.8 Å². The molecule has 6 atom stereocenters. The number of fused-ring (bicyclic) bond motifs is 2. The summed E-state index contributed by atoms with van der Waals surface area (Å²) in [7, 11) is 0. The summed E-state index contributed by atoms with van der Waals surface area (Å²) in [5.74, 6) is -2.84. The first-order valence-corrected chi connectivity index (χ1v) is 14.7. The summed E-state index contributed by atoms with van der Waals surface area (Å²) in [6.45, 7) is 13.5. The number of aliphatic hydroxyl groups is 1. The standard InChI is InChI=1S/C31H41N5O6/c1-6-8-16-41-29(40)25-24-27(38)36(21(18-37)17-20(3)4)26(31(24)14-13-30(25,5)42-31)28(39)34(15-7-2)19-35-23-12-10-9-11-22(23)32-33-35/h6-7,9-12,20-21,24-26,37H,1-2,8,13-19H2,3-5H3/t21-,24+,25+,26?,30-,31?/m1/s1. The number of hydrogen-bond acceptors (Lipinski definition) is 8. The van der Waals surface area contributed by atoms with Crippen LogP contribution in [0.1, 0.15) is 46.5 Å². The topological polar surface area (TPSA) is 127 Å². The molecule has 1 spiro atoms. The van der Waals surface area contributed by atoms with Crippen molar-refractivity contribution in [1.29, 1.82) is 0 Å². The van der Waals surface area contributed by atoms with E-state index in [0.717, 1.165) is 5.52 Å². The van der Waals surface area contributed by atoms with Gasteiger partial charge in [0, 0.05) is 6.54 Å². The van der Waals surface area contributed by atoms with Gasteiger partial charge < -0.3 is 24.4 Å². The Kier molecular flexibility index (Phi) is 8.26. The van der Waals surface area contributed by atoms with E-state index in [1.807, 2.05) is 45.0 Å².